The van der Waals surface area contributed by atoms with E-state index in [-0.39, 0.29) is 12.6 Å². The average molecular weight is 321 g/mol. The van der Waals surface area contributed by atoms with Crippen LogP contribution in [0.4, 0.5) is 11.6 Å². The molecule has 3 heterocycles. The number of aromatic nitrogens is 2. The second-order valence-electron chi connectivity index (χ2n) is 6.39. The Morgan fingerprint density at radius 3 is 2.96 bits per heavy atom. The monoisotopic (exact) mass is 321 g/mol. The second kappa shape index (κ2) is 7.90. The van der Waals surface area contributed by atoms with Gasteiger partial charge in [-0.3, -0.25) is 4.90 Å². The van der Waals surface area contributed by atoms with Gasteiger partial charge in [0.05, 0.1) is 25.9 Å². The summed E-state index contributed by atoms with van der Waals surface area (Å²) in [6, 6.07) is 2.48. The number of aliphatic hydroxyl groups is 1. The van der Waals surface area contributed by atoms with E-state index in [1.807, 2.05) is 6.07 Å². The molecule has 7 nitrogen and oxygen atoms in total. The number of hydrogen-bond donors (Lipinski definition) is 2. The van der Waals surface area contributed by atoms with Crippen LogP contribution in [0.15, 0.2) is 12.4 Å². The Kier molecular flexibility index (Phi) is 5.64. The summed E-state index contributed by atoms with van der Waals surface area (Å²) < 4.78 is 5.38. The first kappa shape index (κ1) is 16.4. The van der Waals surface area contributed by atoms with Gasteiger partial charge in [0.15, 0.2) is 0 Å². The van der Waals surface area contributed by atoms with Crippen molar-refractivity contribution in [1.82, 2.24) is 14.9 Å². The third-order valence-electron chi connectivity index (χ3n) is 4.56. The van der Waals surface area contributed by atoms with Crippen LogP contribution in [0.25, 0.3) is 0 Å². The number of nitrogens with zero attached hydrogens (tertiary/aromatic N) is 4. The Morgan fingerprint density at radius 2 is 2.17 bits per heavy atom. The average Bonchev–Trinajstić information content (AvgIpc) is 3.04. The van der Waals surface area contributed by atoms with Gasteiger partial charge in [-0.15, -0.1) is 0 Å². The summed E-state index contributed by atoms with van der Waals surface area (Å²) in [5, 5.41) is 12.9. The Hall–Kier alpha value is -1.44. The fraction of sp³-hybridized carbons (Fsp3) is 0.750. The highest BCUT2D eigenvalue weighted by Gasteiger charge is 2.25. The Labute approximate surface area is 137 Å². The van der Waals surface area contributed by atoms with Crippen LogP contribution in [0.3, 0.4) is 0 Å². The van der Waals surface area contributed by atoms with Crippen LogP contribution in [0.5, 0.6) is 0 Å². The lowest BCUT2D eigenvalue weighted by atomic mass is 10.2. The first-order valence-corrected chi connectivity index (χ1v) is 8.52. The zero-order valence-corrected chi connectivity index (χ0v) is 13.8. The van der Waals surface area contributed by atoms with Gasteiger partial charge < -0.3 is 20.1 Å². The van der Waals surface area contributed by atoms with E-state index in [1.165, 1.54) is 0 Å². The molecule has 0 spiro atoms. The predicted octanol–water partition coefficient (Wildman–Crippen LogP) is 0.570. The summed E-state index contributed by atoms with van der Waals surface area (Å²) in [5.74, 6) is 1.75. The van der Waals surface area contributed by atoms with Crippen LogP contribution in [-0.4, -0.2) is 78.1 Å². The zero-order valence-electron chi connectivity index (χ0n) is 13.8. The molecule has 1 aromatic heterocycles. The van der Waals surface area contributed by atoms with Gasteiger partial charge in [-0.1, -0.05) is 0 Å². The largest absolute Gasteiger partial charge is 0.394 e. The van der Waals surface area contributed by atoms with Crippen molar-refractivity contribution in [3.63, 3.8) is 0 Å². The van der Waals surface area contributed by atoms with Crippen LogP contribution in [0, 0.1) is 0 Å². The molecule has 128 valence electrons. The molecule has 2 saturated heterocycles. The number of ether oxygens (including phenoxy) is 1. The van der Waals surface area contributed by atoms with Crippen molar-refractivity contribution in [1.29, 1.82) is 0 Å². The maximum absolute atomic E-state index is 9.48. The quantitative estimate of drug-likeness (QED) is 0.793. The molecule has 0 radical (unpaired) electrons. The van der Waals surface area contributed by atoms with E-state index >= 15 is 0 Å². The van der Waals surface area contributed by atoms with E-state index in [1.54, 1.807) is 6.33 Å². The Morgan fingerprint density at radius 1 is 1.35 bits per heavy atom. The first-order chi connectivity index (χ1) is 11.3. The summed E-state index contributed by atoms with van der Waals surface area (Å²) in [5.41, 5.74) is 0. The van der Waals surface area contributed by atoms with Gasteiger partial charge in [0.2, 0.25) is 0 Å². The molecule has 2 atom stereocenters. The summed E-state index contributed by atoms with van der Waals surface area (Å²) in [6.45, 7) is 7.91. The lowest BCUT2D eigenvalue weighted by Gasteiger charge is -2.29. The van der Waals surface area contributed by atoms with Crippen LogP contribution >= 0.6 is 0 Å². The summed E-state index contributed by atoms with van der Waals surface area (Å²) in [6.07, 6.45) is 3.73. The highest BCUT2D eigenvalue weighted by atomic mass is 16.5. The minimum Gasteiger partial charge on any atom is -0.394 e. The normalized spacial score (nSPS) is 23.9. The molecule has 0 aromatic carbocycles. The molecule has 2 aliphatic heterocycles. The molecule has 2 N–H and O–H groups in total. The molecular weight excluding hydrogens is 294 g/mol. The summed E-state index contributed by atoms with van der Waals surface area (Å²) >= 11 is 0. The fourth-order valence-corrected chi connectivity index (χ4v) is 3.38. The molecule has 7 heteroatoms. The van der Waals surface area contributed by atoms with Crippen molar-refractivity contribution >= 4 is 11.6 Å². The van der Waals surface area contributed by atoms with Crippen molar-refractivity contribution in [3.8, 4) is 0 Å². The highest BCUT2D eigenvalue weighted by Crippen LogP contribution is 2.24. The van der Waals surface area contributed by atoms with Crippen LogP contribution < -0.4 is 10.2 Å². The standard InChI is InChI=1S/C16H27N5O2/c1-13(10-20-5-7-23-8-6-20)19-15-9-16(18-12-17-15)21-4-2-3-14(21)11-22/h9,12-14,22H,2-8,10-11H2,1H3,(H,17,18,19)/t13-,14+/m0/s1. The van der Waals surface area contributed by atoms with E-state index < -0.39 is 0 Å². The lowest BCUT2D eigenvalue weighted by Crippen LogP contribution is -2.42. The minimum atomic E-state index is 0.181. The number of nitrogens with one attached hydrogen (secondary N) is 1. The second-order valence-corrected chi connectivity index (χ2v) is 6.39. The van der Waals surface area contributed by atoms with Crippen molar-refractivity contribution in [2.24, 2.45) is 0 Å². The molecule has 2 aliphatic rings. The van der Waals surface area contributed by atoms with Gasteiger partial charge >= 0.3 is 0 Å². The van der Waals surface area contributed by atoms with Crippen LogP contribution in [0.2, 0.25) is 0 Å². The SMILES string of the molecule is C[C@@H](CN1CCOCC1)Nc1cc(N2CCC[C@@H]2CO)ncn1. The third kappa shape index (κ3) is 4.31. The predicted molar refractivity (Wildman–Crippen MR) is 89.8 cm³/mol. The molecule has 0 bridgehead atoms. The van der Waals surface area contributed by atoms with Crippen molar-refractivity contribution in [2.45, 2.75) is 31.8 Å². The maximum Gasteiger partial charge on any atom is 0.134 e. The Balaban J connectivity index is 1.58. The van der Waals surface area contributed by atoms with E-state index in [9.17, 15) is 5.11 Å². The van der Waals surface area contributed by atoms with E-state index in [0.29, 0.717) is 6.04 Å². The van der Waals surface area contributed by atoms with Gasteiger partial charge in [0.1, 0.15) is 18.0 Å². The summed E-state index contributed by atoms with van der Waals surface area (Å²) in [4.78, 5) is 13.3. The molecule has 23 heavy (non-hydrogen) atoms. The third-order valence-corrected chi connectivity index (χ3v) is 4.56. The van der Waals surface area contributed by atoms with Crippen LogP contribution in [0.1, 0.15) is 19.8 Å². The van der Waals surface area contributed by atoms with Gasteiger partial charge in [-0.2, -0.15) is 0 Å². The van der Waals surface area contributed by atoms with Crippen LogP contribution in [-0.2, 0) is 4.74 Å². The maximum atomic E-state index is 9.48. The molecule has 1 aromatic rings. The molecular formula is C16H27N5O2. The smallest absolute Gasteiger partial charge is 0.134 e. The van der Waals surface area contributed by atoms with E-state index in [4.69, 9.17) is 4.74 Å². The number of morpholine rings is 1. The number of aliphatic hydroxyl groups excluding tert-OH is 1. The number of hydrogen-bond acceptors (Lipinski definition) is 7. The lowest BCUT2D eigenvalue weighted by molar-refractivity contribution is 0.0368. The molecule has 3 rings (SSSR count). The van der Waals surface area contributed by atoms with Gasteiger partial charge in [0, 0.05) is 38.3 Å². The van der Waals surface area contributed by atoms with E-state index in [2.05, 4.69) is 32.0 Å². The molecule has 2 fully saturated rings. The Bertz CT molecular complexity index is 495. The minimum absolute atomic E-state index is 0.181. The van der Waals surface area contributed by atoms with Crippen molar-refractivity contribution in [2.75, 3.05) is 56.2 Å². The molecule has 0 amide bonds. The molecule has 0 unspecified atom stereocenters. The van der Waals surface area contributed by atoms with Gasteiger partial charge in [-0.05, 0) is 19.8 Å². The first-order valence-electron chi connectivity index (χ1n) is 8.52. The topological polar surface area (TPSA) is 73.8 Å². The molecule has 0 aliphatic carbocycles. The van der Waals surface area contributed by atoms with E-state index in [0.717, 1.165) is 63.9 Å². The van der Waals surface area contributed by atoms with Crippen molar-refractivity contribution in [3.05, 3.63) is 12.4 Å². The molecule has 0 saturated carbocycles. The van der Waals surface area contributed by atoms with Gasteiger partial charge in [-0.25, -0.2) is 9.97 Å². The summed E-state index contributed by atoms with van der Waals surface area (Å²) in [7, 11) is 0. The highest BCUT2D eigenvalue weighted by molar-refractivity contribution is 5.50. The van der Waals surface area contributed by atoms with Gasteiger partial charge in [0.25, 0.3) is 0 Å². The fourth-order valence-electron chi connectivity index (χ4n) is 3.38. The zero-order chi connectivity index (χ0) is 16.1. The number of rotatable bonds is 6. The van der Waals surface area contributed by atoms with Crippen molar-refractivity contribution < 1.29 is 9.84 Å². The number of anilines is 2.